The zero-order valence-electron chi connectivity index (χ0n) is 23.0. The first-order valence-electron chi connectivity index (χ1n) is 13.9. The average Bonchev–Trinajstić information content (AvgIpc) is 3.43. The van der Waals surface area contributed by atoms with Crippen LogP contribution in [-0.2, 0) is 20.9 Å². The van der Waals surface area contributed by atoms with Gasteiger partial charge in [-0.1, -0.05) is 0 Å². The molecular weight excluding hydrogens is 579 g/mol. The summed E-state index contributed by atoms with van der Waals surface area (Å²) in [4.78, 5) is 13.5. The molecule has 0 amide bonds. The van der Waals surface area contributed by atoms with E-state index in [2.05, 4.69) is 30.5 Å². The molecule has 0 atom stereocenters. The lowest BCUT2D eigenvalue weighted by Crippen LogP contribution is -2.50. The Labute approximate surface area is 240 Å². The molecule has 0 unspecified atom stereocenters. The monoisotopic (exact) mass is 611 g/mol. The lowest BCUT2D eigenvalue weighted by Gasteiger charge is -2.39. The van der Waals surface area contributed by atoms with E-state index in [9.17, 15) is 21.6 Å². The Morgan fingerprint density at radius 1 is 1.02 bits per heavy atom. The number of ether oxygens (including phenoxy) is 3. The first-order chi connectivity index (χ1) is 20.2. The van der Waals surface area contributed by atoms with Crippen LogP contribution in [0.4, 0.5) is 30.6 Å². The molecule has 0 spiro atoms. The second-order valence-electron chi connectivity index (χ2n) is 10.2. The molecule has 42 heavy (non-hydrogen) atoms. The number of alkyl halides is 3. The molecule has 2 fully saturated rings. The standard InChI is InChI=1S/C26H32F3N7O5S/c1-2-30-23-20-17(26(27,28)29)15-31-24(20)34-25(33-23)32-18-3-4-19(22-21(18)40-13-14-41-22)42(37,38)36-7-5-16(6-8-36)35-9-11-39-12-10-35/h3-4,15-16H,2,5-14H2,1H3,(H3,30,31,32,33,34). The molecule has 3 aromatic rings. The molecule has 3 N–H and O–H groups in total. The maximum absolute atomic E-state index is 13.8. The number of aromatic amines is 1. The van der Waals surface area contributed by atoms with Gasteiger partial charge in [0.05, 0.1) is 29.9 Å². The predicted octanol–water partition coefficient (Wildman–Crippen LogP) is 3.41. The van der Waals surface area contributed by atoms with Gasteiger partial charge >= 0.3 is 6.18 Å². The lowest BCUT2D eigenvalue weighted by molar-refractivity contribution is -0.136. The molecule has 2 saturated heterocycles. The van der Waals surface area contributed by atoms with Gasteiger partial charge in [-0.25, -0.2) is 8.42 Å². The highest BCUT2D eigenvalue weighted by Crippen LogP contribution is 2.45. The number of morpholine rings is 1. The van der Waals surface area contributed by atoms with E-state index < -0.39 is 21.8 Å². The van der Waals surface area contributed by atoms with Crippen molar-refractivity contribution in [1.29, 1.82) is 0 Å². The molecule has 0 aliphatic carbocycles. The highest BCUT2D eigenvalue weighted by atomic mass is 32.2. The van der Waals surface area contributed by atoms with Gasteiger partial charge in [-0.3, -0.25) is 4.90 Å². The van der Waals surface area contributed by atoms with Crippen molar-refractivity contribution in [1.82, 2.24) is 24.2 Å². The minimum Gasteiger partial charge on any atom is -0.485 e. The molecule has 228 valence electrons. The van der Waals surface area contributed by atoms with Gasteiger partial charge in [0, 0.05) is 45.0 Å². The van der Waals surface area contributed by atoms with Crippen LogP contribution >= 0.6 is 0 Å². The van der Waals surface area contributed by atoms with Crippen molar-refractivity contribution >= 4 is 38.5 Å². The van der Waals surface area contributed by atoms with Gasteiger partial charge in [0.15, 0.2) is 11.5 Å². The molecule has 0 bridgehead atoms. The highest BCUT2D eigenvalue weighted by Gasteiger charge is 2.37. The first-order valence-corrected chi connectivity index (χ1v) is 15.3. The van der Waals surface area contributed by atoms with Crippen LogP contribution in [0, 0.1) is 0 Å². The van der Waals surface area contributed by atoms with Crippen molar-refractivity contribution in [2.75, 3.05) is 69.8 Å². The number of hydrogen-bond acceptors (Lipinski definition) is 10. The van der Waals surface area contributed by atoms with Gasteiger partial charge in [-0.2, -0.15) is 27.4 Å². The molecule has 6 rings (SSSR count). The van der Waals surface area contributed by atoms with E-state index in [4.69, 9.17) is 14.2 Å². The number of piperidine rings is 1. The third-order valence-electron chi connectivity index (χ3n) is 7.68. The third-order valence-corrected chi connectivity index (χ3v) is 9.61. The summed E-state index contributed by atoms with van der Waals surface area (Å²) in [6, 6.07) is 3.29. The van der Waals surface area contributed by atoms with Crippen molar-refractivity contribution < 1.29 is 35.8 Å². The van der Waals surface area contributed by atoms with E-state index in [1.807, 2.05) is 0 Å². The van der Waals surface area contributed by atoms with Gasteiger partial charge in [0.2, 0.25) is 16.0 Å². The largest absolute Gasteiger partial charge is 0.485 e. The van der Waals surface area contributed by atoms with Gasteiger partial charge in [0.25, 0.3) is 0 Å². The third kappa shape index (κ3) is 5.43. The van der Waals surface area contributed by atoms with Crippen molar-refractivity contribution in [2.45, 2.75) is 36.9 Å². The van der Waals surface area contributed by atoms with Crippen LogP contribution in [0.2, 0.25) is 0 Å². The predicted molar refractivity (Wildman–Crippen MR) is 148 cm³/mol. The molecule has 2 aromatic heterocycles. The minimum absolute atomic E-state index is 0.00327. The van der Waals surface area contributed by atoms with Crippen LogP contribution in [-0.4, -0.2) is 97.8 Å². The summed E-state index contributed by atoms with van der Waals surface area (Å²) in [7, 11) is -3.90. The Bertz CT molecular complexity index is 1550. The van der Waals surface area contributed by atoms with E-state index in [-0.39, 0.29) is 52.4 Å². The molecule has 5 heterocycles. The van der Waals surface area contributed by atoms with Crippen LogP contribution in [0.1, 0.15) is 25.3 Å². The Morgan fingerprint density at radius 3 is 2.43 bits per heavy atom. The van der Waals surface area contributed by atoms with Crippen molar-refractivity contribution in [3.8, 4) is 11.5 Å². The molecule has 1 aromatic carbocycles. The molecule has 3 aliphatic rings. The topological polar surface area (TPSA) is 134 Å². The van der Waals surface area contributed by atoms with Gasteiger partial charge in [-0.15, -0.1) is 0 Å². The van der Waals surface area contributed by atoms with Crippen molar-refractivity contribution in [2.24, 2.45) is 0 Å². The number of nitrogens with one attached hydrogen (secondary N) is 3. The average molecular weight is 612 g/mol. The number of rotatable bonds is 7. The summed E-state index contributed by atoms with van der Waals surface area (Å²) in [5.74, 6) is 0.242. The van der Waals surface area contributed by atoms with Gasteiger partial charge < -0.3 is 29.8 Å². The fourth-order valence-electron chi connectivity index (χ4n) is 5.67. The zero-order chi connectivity index (χ0) is 29.5. The number of benzene rings is 1. The highest BCUT2D eigenvalue weighted by molar-refractivity contribution is 7.89. The minimum atomic E-state index is -4.59. The number of nitrogens with zero attached hydrogens (tertiary/aromatic N) is 4. The quantitative estimate of drug-likeness (QED) is 0.365. The number of halogens is 3. The number of hydrogen-bond donors (Lipinski definition) is 3. The summed E-state index contributed by atoms with van der Waals surface area (Å²) in [5.41, 5.74) is -0.571. The van der Waals surface area contributed by atoms with Crippen molar-refractivity contribution in [3.05, 3.63) is 23.9 Å². The van der Waals surface area contributed by atoms with Crippen LogP contribution in [0.25, 0.3) is 11.0 Å². The van der Waals surface area contributed by atoms with Crippen LogP contribution in [0.5, 0.6) is 11.5 Å². The lowest BCUT2D eigenvalue weighted by atomic mass is 10.0. The van der Waals surface area contributed by atoms with Crippen LogP contribution in [0.15, 0.2) is 23.2 Å². The molecular formula is C26H32F3N7O5S. The molecule has 3 aliphatic heterocycles. The molecule has 16 heteroatoms. The van der Waals surface area contributed by atoms with E-state index in [1.165, 1.54) is 16.4 Å². The summed E-state index contributed by atoms with van der Waals surface area (Å²) >= 11 is 0. The van der Waals surface area contributed by atoms with E-state index in [1.54, 1.807) is 6.92 Å². The zero-order valence-corrected chi connectivity index (χ0v) is 23.8. The van der Waals surface area contributed by atoms with E-state index in [0.717, 1.165) is 32.1 Å². The first kappa shape index (κ1) is 28.8. The summed E-state index contributed by atoms with van der Waals surface area (Å²) in [5, 5.41) is 5.67. The molecule has 0 radical (unpaired) electrons. The van der Waals surface area contributed by atoms with Gasteiger partial charge in [0.1, 0.15) is 29.6 Å². The normalized spacial score (nSPS) is 19.2. The van der Waals surface area contributed by atoms with Gasteiger partial charge in [-0.05, 0) is 31.9 Å². The number of fused-ring (bicyclic) bond motifs is 2. The Hall–Kier alpha value is -3.34. The number of aromatic nitrogens is 3. The van der Waals surface area contributed by atoms with E-state index in [0.29, 0.717) is 44.6 Å². The summed E-state index contributed by atoms with van der Waals surface area (Å²) in [6.45, 7) is 6.28. The van der Waals surface area contributed by atoms with Crippen LogP contribution in [0.3, 0.4) is 0 Å². The van der Waals surface area contributed by atoms with E-state index >= 15 is 0 Å². The SMILES string of the molecule is CCNc1nc(Nc2ccc(S(=O)(=O)N3CCC(N4CCOCC4)CC3)c3c2OCCO3)nc2[nH]cc(C(F)(F)F)c12. The summed E-state index contributed by atoms with van der Waals surface area (Å²) in [6.07, 6.45) is -2.29. The number of anilines is 3. The van der Waals surface area contributed by atoms with Crippen molar-refractivity contribution in [3.63, 3.8) is 0 Å². The Morgan fingerprint density at radius 2 is 1.74 bits per heavy atom. The van der Waals surface area contributed by atoms with Crippen LogP contribution < -0.4 is 20.1 Å². The molecule has 12 nitrogen and oxygen atoms in total. The fourth-order valence-corrected chi connectivity index (χ4v) is 7.27. The maximum atomic E-state index is 13.8. The molecule has 0 saturated carbocycles. The smallest absolute Gasteiger partial charge is 0.418 e. The Kier molecular flexibility index (Phi) is 7.80. The summed E-state index contributed by atoms with van der Waals surface area (Å²) < 4.78 is 86.8. The number of H-pyrrole nitrogens is 1. The Balaban J connectivity index is 1.28. The maximum Gasteiger partial charge on any atom is 0.418 e. The second kappa shape index (κ2) is 11.4. The second-order valence-corrected chi connectivity index (χ2v) is 12.1. The fraction of sp³-hybridized carbons (Fsp3) is 0.538. The number of sulfonamides is 1.